The first-order valence-electron chi connectivity index (χ1n) is 29.0. The summed E-state index contributed by atoms with van der Waals surface area (Å²) in [6, 6.07) is 60.9. The fourth-order valence-corrected chi connectivity index (χ4v) is 14.4. The minimum absolute atomic E-state index is 0.00508. The van der Waals surface area contributed by atoms with Crippen LogP contribution in [0.5, 0.6) is 23.0 Å². The summed E-state index contributed by atoms with van der Waals surface area (Å²) >= 11 is 2.40. The molecule has 0 aliphatic carbocycles. The number of hydrogen-bond donors (Lipinski definition) is 5. The van der Waals surface area contributed by atoms with Gasteiger partial charge >= 0.3 is 7.75 Å². The van der Waals surface area contributed by atoms with Crippen molar-refractivity contribution in [1.82, 2.24) is 15.1 Å². The monoisotopic (exact) mass is 1240 g/mol. The number of thiophene rings is 1. The number of carbonyl (C=O) groups is 1. The van der Waals surface area contributed by atoms with Crippen molar-refractivity contribution in [3.63, 3.8) is 0 Å². The second kappa shape index (κ2) is 27.4. The third-order valence-electron chi connectivity index (χ3n) is 16.4. The molecule has 5 N–H and O–H groups in total. The van der Waals surface area contributed by atoms with Gasteiger partial charge in [-0.05, 0) is 101 Å². The molecule has 9 aromatic rings. The highest BCUT2D eigenvalue weighted by Gasteiger charge is 2.55. The number of ether oxygens (including phenoxy) is 5. The van der Waals surface area contributed by atoms with E-state index in [0.29, 0.717) is 51.0 Å². The third kappa shape index (κ3) is 13.2. The average Bonchev–Trinajstić information content (AvgIpc) is 1.29. The number of nitrogens with one attached hydrogen (secondary N) is 3. The van der Waals surface area contributed by atoms with Crippen molar-refractivity contribution < 1.29 is 52.3 Å². The van der Waals surface area contributed by atoms with Crippen molar-refractivity contribution in [2.45, 2.75) is 75.7 Å². The molecule has 1 saturated heterocycles. The second-order valence-corrected chi connectivity index (χ2v) is 26.0. The van der Waals surface area contributed by atoms with Gasteiger partial charge in [0, 0.05) is 23.1 Å². The van der Waals surface area contributed by atoms with Gasteiger partial charge in [-0.2, -0.15) is 4.98 Å². The molecular formula is C69H74N5O11PS2. The van der Waals surface area contributed by atoms with Gasteiger partial charge in [0.1, 0.15) is 63.8 Å². The van der Waals surface area contributed by atoms with Crippen molar-refractivity contribution in [1.29, 1.82) is 0 Å². The van der Waals surface area contributed by atoms with Crippen LogP contribution in [0.3, 0.4) is 0 Å². The van der Waals surface area contributed by atoms with E-state index < -0.39 is 54.8 Å². The first kappa shape index (κ1) is 63.4. The molecule has 3 heterocycles. The Kier molecular flexibility index (Phi) is 19.8. The lowest BCUT2D eigenvalue weighted by Gasteiger charge is -2.39. The number of aliphatic hydroxyl groups excluding tert-OH is 1. The first-order valence-corrected chi connectivity index (χ1v) is 32.4. The summed E-state index contributed by atoms with van der Waals surface area (Å²) in [5, 5.41) is 38.3. The highest BCUT2D eigenvalue weighted by Crippen LogP contribution is 2.52. The largest absolute Gasteiger partial charge is 0.497 e. The van der Waals surface area contributed by atoms with Crippen molar-refractivity contribution in [3.05, 3.63) is 237 Å². The molecule has 0 spiro atoms. The van der Waals surface area contributed by atoms with Crippen molar-refractivity contribution in [2.75, 3.05) is 58.0 Å². The summed E-state index contributed by atoms with van der Waals surface area (Å²) in [6.07, 6.45) is -3.35. The van der Waals surface area contributed by atoms with E-state index in [1.807, 2.05) is 202 Å². The molecule has 16 nitrogen and oxygen atoms in total. The minimum atomic E-state index is -4.17. The molecule has 2 aromatic heterocycles. The molecule has 10 rings (SSSR count). The zero-order valence-electron chi connectivity index (χ0n) is 50.5. The van der Waals surface area contributed by atoms with Crippen molar-refractivity contribution in [3.8, 4) is 23.0 Å². The van der Waals surface area contributed by atoms with Gasteiger partial charge in [0.25, 0.3) is 0 Å². The van der Waals surface area contributed by atoms with Crippen LogP contribution in [-0.2, 0) is 40.8 Å². The van der Waals surface area contributed by atoms with E-state index in [9.17, 15) is 19.6 Å². The standard InChI is InChI=1S/C69H74N5O11PS2/c1-9-66(2,3)64(76)87-42-41-83-86(78,70-43-46-19-13-10-14-20-46)84-44-58-61(75)67(4,77)62(85-58)60-59-57(45-88-60)63(73-68(47-21-15-11-16-22-47,49-25-33-53(79-5)34-26-49)50-27-35-54(80-6)36-28-50)72-65(71-59)74-69(48-23-17-12-18-24-48,51-29-37-55(81-7)38-30-51)52-31-39-56(82-8)40-32-52/h10-40,45,58,61-62,75,77H,9,41-44H2,1-8H3,(H,70,78)(H2,71,72,73,74)/t58-,61-,62+,67-,86?/m1/s1. The molecule has 1 aliphatic heterocycles. The highest BCUT2D eigenvalue weighted by molar-refractivity contribution is 8.13. The van der Waals surface area contributed by atoms with Gasteiger partial charge in [0.2, 0.25) is 5.95 Å². The van der Waals surface area contributed by atoms with Crippen LogP contribution in [0.25, 0.3) is 10.9 Å². The predicted octanol–water partition coefficient (Wildman–Crippen LogP) is 13.7. The lowest BCUT2D eigenvalue weighted by atomic mass is 9.76. The fraction of sp³-hybridized carbons (Fsp3) is 0.290. The summed E-state index contributed by atoms with van der Waals surface area (Å²) in [5.74, 6) is 3.46. The van der Waals surface area contributed by atoms with Crippen LogP contribution in [0.15, 0.2) is 193 Å². The SMILES string of the molecule is CCC(C)(C)C(=O)SCCOP(=O)(NCc1ccccc1)OC[C@H]1O[C@@H](c2scc3c(NC(c4ccccc4)(c4ccc(OC)cc4)c4ccc(OC)cc4)nc(NC(c4ccccc4)(c4ccc(OC)cc4)c4ccc(OC)cc4)nc23)[C@](C)(O)[C@@H]1O. The van der Waals surface area contributed by atoms with Crippen LogP contribution in [-0.4, -0.2) is 90.5 Å². The van der Waals surface area contributed by atoms with Gasteiger partial charge in [-0.25, -0.2) is 14.6 Å². The van der Waals surface area contributed by atoms with E-state index in [-0.39, 0.29) is 30.0 Å². The molecule has 0 radical (unpaired) electrons. The number of anilines is 2. The molecule has 0 saturated carbocycles. The topological polar surface area (TPSA) is 201 Å². The third-order valence-corrected chi connectivity index (χ3v) is 20.1. The Hall–Kier alpha value is -7.61. The van der Waals surface area contributed by atoms with Crippen LogP contribution in [0, 0.1) is 5.41 Å². The summed E-state index contributed by atoms with van der Waals surface area (Å²) in [5.41, 5.74) is 1.38. The summed E-state index contributed by atoms with van der Waals surface area (Å²) in [7, 11) is 2.35. The maximum atomic E-state index is 14.7. The fourth-order valence-electron chi connectivity index (χ4n) is 10.9. The van der Waals surface area contributed by atoms with Gasteiger partial charge in [-0.1, -0.05) is 172 Å². The number of hydrogen-bond acceptors (Lipinski definition) is 17. The maximum absolute atomic E-state index is 14.7. The van der Waals surface area contributed by atoms with Crippen LogP contribution >= 0.6 is 30.8 Å². The van der Waals surface area contributed by atoms with E-state index in [2.05, 4.69) is 27.9 Å². The number of thioether (sulfide) groups is 1. The minimum Gasteiger partial charge on any atom is -0.497 e. The van der Waals surface area contributed by atoms with Crippen molar-refractivity contribution in [2.24, 2.45) is 5.41 Å². The summed E-state index contributed by atoms with van der Waals surface area (Å²) in [6.45, 7) is 6.83. The molecule has 1 fully saturated rings. The van der Waals surface area contributed by atoms with E-state index in [1.165, 1.54) is 18.3 Å². The Bertz CT molecular complexity index is 3710. The average molecular weight is 1240 g/mol. The van der Waals surface area contributed by atoms with Gasteiger partial charge in [0.15, 0.2) is 5.12 Å². The number of aromatic nitrogens is 2. The number of nitrogens with zero attached hydrogens (tertiary/aromatic N) is 2. The zero-order valence-corrected chi connectivity index (χ0v) is 53.0. The lowest BCUT2D eigenvalue weighted by molar-refractivity contribution is -0.118. The molecule has 19 heteroatoms. The Morgan fingerprint density at radius 1 is 0.648 bits per heavy atom. The Balaban J connectivity index is 1.12. The Labute approximate surface area is 522 Å². The van der Waals surface area contributed by atoms with Gasteiger partial charge in [-0.15, -0.1) is 11.3 Å². The van der Waals surface area contributed by atoms with Gasteiger partial charge in [0.05, 0.1) is 57.4 Å². The van der Waals surface area contributed by atoms with Gasteiger partial charge in [-0.3, -0.25) is 13.8 Å². The molecule has 1 unspecified atom stereocenters. The number of carbonyl (C=O) groups excluding carboxylic acids is 1. The van der Waals surface area contributed by atoms with E-state index in [4.69, 9.17) is 42.7 Å². The van der Waals surface area contributed by atoms with Gasteiger partial charge < -0.3 is 44.5 Å². The highest BCUT2D eigenvalue weighted by atomic mass is 32.2. The number of benzene rings is 7. The number of fused-ring (bicyclic) bond motifs is 1. The second-order valence-electron chi connectivity index (χ2n) is 22.2. The van der Waals surface area contributed by atoms with Crippen molar-refractivity contribution >= 4 is 58.6 Å². The van der Waals surface area contributed by atoms with Crippen LogP contribution in [0.2, 0.25) is 0 Å². The predicted molar refractivity (Wildman–Crippen MR) is 348 cm³/mol. The molecule has 0 bridgehead atoms. The van der Waals surface area contributed by atoms with Crippen LogP contribution < -0.4 is 34.7 Å². The molecule has 5 atom stereocenters. The van der Waals surface area contributed by atoms with Crippen LogP contribution in [0.4, 0.5) is 11.8 Å². The smallest absolute Gasteiger partial charge is 0.405 e. The summed E-state index contributed by atoms with van der Waals surface area (Å²) < 4.78 is 56.5. The molecule has 458 valence electrons. The Morgan fingerprint density at radius 3 is 1.55 bits per heavy atom. The molecule has 88 heavy (non-hydrogen) atoms. The van der Waals surface area contributed by atoms with E-state index in [1.54, 1.807) is 28.4 Å². The van der Waals surface area contributed by atoms with Crippen LogP contribution in [0.1, 0.15) is 84.0 Å². The van der Waals surface area contributed by atoms with E-state index >= 15 is 0 Å². The first-order chi connectivity index (χ1) is 42.5. The molecule has 7 aromatic carbocycles. The number of methoxy groups -OCH3 is 4. The normalized spacial score (nSPS) is 17.7. The molecule has 0 amide bonds. The maximum Gasteiger partial charge on any atom is 0.405 e. The lowest BCUT2D eigenvalue weighted by Crippen LogP contribution is -2.43. The number of rotatable bonds is 27. The Morgan fingerprint density at radius 2 is 1.09 bits per heavy atom. The zero-order chi connectivity index (χ0) is 62.1. The molecular weight excluding hydrogens is 1170 g/mol. The summed E-state index contributed by atoms with van der Waals surface area (Å²) in [4.78, 5) is 24.5. The molecule has 1 aliphatic rings. The quantitative estimate of drug-likeness (QED) is 0.0185. The number of aliphatic hydroxyl groups is 2. The van der Waals surface area contributed by atoms with E-state index in [0.717, 1.165) is 50.7 Å².